The van der Waals surface area contributed by atoms with Gasteiger partial charge in [0, 0.05) is 37.0 Å². The smallest absolute Gasteiger partial charge is 0.229 e. The van der Waals surface area contributed by atoms with Crippen LogP contribution in [0.4, 0.5) is 15.2 Å². The summed E-state index contributed by atoms with van der Waals surface area (Å²) in [5, 5.41) is 5.20. The van der Waals surface area contributed by atoms with Gasteiger partial charge >= 0.3 is 0 Å². The number of anilines is 2. The molecule has 2 saturated heterocycles. The van der Waals surface area contributed by atoms with Crippen molar-refractivity contribution in [1.29, 1.82) is 0 Å². The highest BCUT2D eigenvalue weighted by molar-refractivity contribution is 7.14. The molecule has 10 heteroatoms. The van der Waals surface area contributed by atoms with Crippen molar-refractivity contribution in [3.05, 3.63) is 40.1 Å². The molecule has 2 aliphatic heterocycles. The molecule has 1 aromatic heterocycles. The van der Waals surface area contributed by atoms with E-state index in [4.69, 9.17) is 11.6 Å². The van der Waals surface area contributed by atoms with Gasteiger partial charge in [-0.2, -0.15) is 0 Å². The second-order valence-electron chi connectivity index (χ2n) is 7.02. The van der Waals surface area contributed by atoms with Crippen molar-refractivity contribution in [2.45, 2.75) is 31.7 Å². The molecule has 7 nitrogen and oxygen atoms in total. The van der Waals surface area contributed by atoms with Gasteiger partial charge in [-0.1, -0.05) is 11.6 Å². The molecule has 2 aliphatic rings. The minimum absolute atomic E-state index is 0.0106. The highest BCUT2D eigenvalue weighted by atomic mass is 35.5. The van der Waals surface area contributed by atoms with E-state index in [9.17, 15) is 18.8 Å². The van der Waals surface area contributed by atoms with E-state index in [1.165, 1.54) is 28.4 Å². The van der Waals surface area contributed by atoms with Crippen molar-refractivity contribution in [2.75, 3.05) is 22.9 Å². The number of carbonyl (C=O) groups excluding carboxylic acids is 3. The zero-order valence-corrected chi connectivity index (χ0v) is 16.9. The summed E-state index contributed by atoms with van der Waals surface area (Å²) in [5.74, 6) is -0.990. The second kappa shape index (κ2) is 8.08. The average molecular weight is 437 g/mol. The number of rotatable bonds is 5. The van der Waals surface area contributed by atoms with E-state index in [-0.39, 0.29) is 48.2 Å². The third kappa shape index (κ3) is 4.25. The largest absolute Gasteiger partial charge is 0.351 e. The molecule has 0 bridgehead atoms. The van der Waals surface area contributed by atoms with Crippen LogP contribution >= 0.6 is 22.9 Å². The van der Waals surface area contributed by atoms with Gasteiger partial charge in [0.2, 0.25) is 17.7 Å². The fourth-order valence-electron chi connectivity index (χ4n) is 3.50. The molecule has 1 N–H and O–H groups in total. The standard InChI is InChI=1S/C19H18ClFN4O3S/c20-14-4-3-13(8-15(14)21)25-9-11(7-18(25)28)22-16(26)6-12-10-29-19(23-12)24-5-1-2-17(24)27/h3-4,8,10-11H,1-2,5-7,9H2,(H,22,26). The Labute approximate surface area is 175 Å². The number of nitrogens with zero attached hydrogens (tertiary/aromatic N) is 3. The van der Waals surface area contributed by atoms with Crippen LogP contribution in [0.15, 0.2) is 23.6 Å². The van der Waals surface area contributed by atoms with E-state index in [0.717, 1.165) is 6.42 Å². The van der Waals surface area contributed by atoms with E-state index >= 15 is 0 Å². The summed E-state index contributed by atoms with van der Waals surface area (Å²) in [7, 11) is 0. The second-order valence-corrected chi connectivity index (χ2v) is 8.26. The molecule has 3 heterocycles. The maximum Gasteiger partial charge on any atom is 0.229 e. The lowest BCUT2D eigenvalue weighted by atomic mass is 10.2. The van der Waals surface area contributed by atoms with Crippen LogP contribution in [-0.4, -0.2) is 41.8 Å². The molecule has 152 valence electrons. The fraction of sp³-hybridized carbons (Fsp3) is 0.368. The van der Waals surface area contributed by atoms with Crippen molar-refractivity contribution in [3.63, 3.8) is 0 Å². The quantitative estimate of drug-likeness (QED) is 0.780. The first-order chi connectivity index (χ1) is 13.9. The Kier molecular flexibility index (Phi) is 5.51. The van der Waals surface area contributed by atoms with Crippen LogP contribution in [0.25, 0.3) is 0 Å². The summed E-state index contributed by atoms with van der Waals surface area (Å²) in [6.07, 6.45) is 1.55. The Morgan fingerprint density at radius 2 is 2.14 bits per heavy atom. The number of carbonyl (C=O) groups is 3. The Bertz CT molecular complexity index is 982. The summed E-state index contributed by atoms with van der Waals surface area (Å²) < 4.78 is 13.7. The zero-order chi connectivity index (χ0) is 20.5. The Morgan fingerprint density at radius 1 is 1.31 bits per heavy atom. The molecule has 0 spiro atoms. The predicted molar refractivity (Wildman–Crippen MR) is 108 cm³/mol. The van der Waals surface area contributed by atoms with Gasteiger partial charge in [-0.15, -0.1) is 11.3 Å². The van der Waals surface area contributed by atoms with Crippen molar-refractivity contribution < 1.29 is 18.8 Å². The molecule has 1 atom stereocenters. The van der Waals surface area contributed by atoms with Crippen molar-refractivity contribution in [2.24, 2.45) is 0 Å². The summed E-state index contributed by atoms with van der Waals surface area (Å²) in [4.78, 5) is 43.9. The summed E-state index contributed by atoms with van der Waals surface area (Å²) >= 11 is 7.03. The maximum atomic E-state index is 13.7. The van der Waals surface area contributed by atoms with E-state index in [2.05, 4.69) is 10.3 Å². The topological polar surface area (TPSA) is 82.6 Å². The normalized spacial score (nSPS) is 19.3. The third-order valence-electron chi connectivity index (χ3n) is 4.89. The van der Waals surface area contributed by atoms with Crippen LogP contribution < -0.4 is 15.1 Å². The van der Waals surface area contributed by atoms with Crippen LogP contribution in [0, 0.1) is 5.82 Å². The van der Waals surface area contributed by atoms with E-state index in [1.807, 2.05) is 0 Å². The first-order valence-electron chi connectivity index (χ1n) is 9.20. The zero-order valence-electron chi connectivity index (χ0n) is 15.4. The molecule has 0 saturated carbocycles. The summed E-state index contributed by atoms with van der Waals surface area (Å²) in [6.45, 7) is 0.916. The molecule has 3 amide bonds. The van der Waals surface area contributed by atoms with E-state index < -0.39 is 5.82 Å². The van der Waals surface area contributed by atoms with Crippen LogP contribution in [0.2, 0.25) is 5.02 Å². The maximum absolute atomic E-state index is 13.7. The minimum atomic E-state index is -0.597. The first kappa shape index (κ1) is 19.8. The molecule has 0 aliphatic carbocycles. The van der Waals surface area contributed by atoms with Gasteiger partial charge in [-0.3, -0.25) is 19.3 Å². The van der Waals surface area contributed by atoms with Gasteiger partial charge in [0.15, 0.2) is 5.13 Å². The molecule has 29 heavy (non-hydrogen) atoms. The van der Waals surface area contributed by atoms with Gasteiger partial charge in [0.1, 0.15) is 5.82 Å². The number of amides is 3. The van der Waals surface area contributed by atoms with Crippen molar-refractivity contribution in [3.8, 4) is 0 Å². The summed E-state index contributed by atoms with van der Waals surface area (Å²) in [5.41, 5.74) is 0.997. The van der Waals surface area contributed by atoms with Crippen LogP contribution in [0.5, 0.6) is 0 Å². The summed E-state index contributed by atoms with van der Waals surface area (Å²) in [6, 6.07) is 3.81. The Hall–Kier alpha value is -2.52. The number of aromatic nitrogens is 1. The highest BCUT2D eigenvalue weighted by Gasteiger charge is 2.32. The lowest BCUT2D eigenvalue weighted by Crippen LogP contribution is -2.38. The average Bonchev–Trinajstić information content (AvgIpc) is 3.38. The molecule has 0 radical (unpaired) electrons. The van der Waals surface area contributed by atoms with Crippen molar-refractivity contribution in [1.82, 2.24) is 10.3 Å². The molecule has 4 rings (SSSR count). The van der Waals surface area contributed by atoms with Gasteiger partial charge in [-0.05, 0) is 24.6 Å². The monoisotopic (exact) mass is 436 g/mol. The molecule has 2 aromatic rings. The molecular formula is C19H18ClFN4O3S. The van der Waals surface area contributed by atoms with Gasteiger partial charge in [-0.25, -0.2) is 9.37 Å². The molecule has 1 aromatic carbocycles. The SMILES string of the molecule is O=C(Cc1csc(N2CCCC2=O)n1)NC1CC(=O)N(c2ccc(Cl)c(F)c2)C1. The van der Waals surface area contributed by atoms with Crippen molar-refractivity contribution >= 4 is 51.5 Å². The molecular weight excluding hydrogens is 419 g/mol. The minimum Gasteiger partial charge on any atom is -0.351 e. The van der Waals surface area contributed by atoms with Gasteiger partial charge < -0.3 is 10.2 Å². The number of halogens is 2. The predicted octanol–water partition coefficient (Wildman–Crippen LogP) is 2.53. The number of thiazole rings is 1. The van der Waals surface area contributed by atoms with Crippen LogP contribution in [-0.2, 0) is 20.8 Å². The van der Waals surface area contributed by atoms with Gasteiger partial charge in [0.25, 0.3) is 0 Å². The van der Waals surface area contributed by atoms with Crippen LogP contribution in [0.1, 0.15) is 25.0 Å². The Morgan fingerprint density at radius 3 is 2.86 bits per heavy atom. The fourth-order valence-corrected chi connectivity index (χ4v) is 4.49. The lowest BCUT2D eigenvalue weighted by Gasteiger charge is -2.17. The van der Waals surface area contributed by atoms with Gasteiger partial charge in [0.05, 0.1) is 23.2 Å². The Balaban J connectivity index is 1.34. The lowest BCUT2D eigenvalue weighted by molar-refractivity contribution is -0.121. The molecule has 2 fully saturated rings. The molecule has 1 unspecified atom stereocenters. The number of hydrogen-bond donors (Lipinski definition) is 1. The third-order valence-corrected chi connectivity index (χ3v) is 6.11. The number of benzene rings is 1. The highest BCUT2D eigenvalue weighted by Crippen LogP contribution is 2.27. The number of hydrogen-bond acceptors (Lipinski definition) is 5. The first-order valence-corrected chi connectivity index (χ1v) is 10.5. The van der Waals surface area contributed by atoms with Crippen LogP contribution in [0.3, 0.4) is 0 Å². The number of nitrogens with one attached hydrogen (secondary N) is 1. The van der Waals surface area contributed by atoms with E-state index in [0.29, 0.717) is 29.5 Å². The van der Waals surface area contributed by atoms with E-state index in [1.54, 1.807) is 16.3 Å².